The highest BCUT2D eigenvalue weighted by Gasteiger charge is 2.21. The van der Waals surface area contributed by atoms with E-state index in [1.54, 1.807) is 0 Å². The van der Waals surface area contributed by atoms with Crippen molar-refractivity contribution in [2.45, 2.75) is 52.0 Å². The van der Waals surface area contributed by atoms with Gasteiger partial charge in [-0.1, -0.05) is 37.8 Å². The Morgan fingerprint density at radius 2 is 2.17 bits per heavy atom. The van der Waals surface area contributed by atoms with Crippen molar-refractivity contribution < 1.29 is 0 Å². The molecule has 1 aromatic rings. The molecular formula is C15H21BrClN. The highest BCUT2D eigenvalue weighted by molar-refractivity contribution is 9.10. The predicted octanol–water partition coefficient (Wildman–Crippen LogP) is 5.79. The number of halogens is 2. The van der Waals surface area contributed by atoms with Crippen molar-refractivity contribution >= 4 is 33.2 Å². The van der Waals surface area contributed by atoms with Gasteiger partial charge in [-0.05, 0) is 59.3 Å². The summed E-state index contributed by atoms with van der Waals surface area (Å²) in [5.41, 5.74) is 2.25. The lowest BCUT2D eigenvalue weighted by Crippen LogP contribution is -2.27. The molecule has 3 heteroatoms. The van der Waals surface area contributed by atoms with Gasteiger partial charge in [-0.2, -0.15) is 0 Å². The van der Waals surface area contributed by atoms with Crippen LogP contribution in [0, 0.1) is 12.8 Å². The molecule has 1 saturated carbocycles. The molecule has 2 rings (SSSR count). The van der Waals surface area contributed by atoms with E-state index in [0.717, 1.165) is 26.7 Å². The second kappa shape index (κ2) is 6.29. The van der Waals surface area contributed by atoms with E-state index in [1.165, 1.54) is 32.1 Å². The van der Waals surface area contributed by atoms with Crippen LogP contribution in [0.25, 0.3) is 0 Å². The Bertz CT molecular complexity index is 419. The Labute approximate surface area is 123 Å². The van der Waals surface area contributed by atoms with Crippen molar-refractivity contribution in [2.24, 2.45) is 5.92 Å². The molecule has 0 radical (unpaired) electrons. The Hall–Kier alpha value is -0.210. The first kappa shape index (κ1) is 14.2. The molecule has 0 spiro atoms. The largest absolute Gasteiger partial charge is 0.381 e. The second-order valence-corrected chi connectivity index (χ2v) is 6.62. The van der Waals surface area contributed by atoms with Gasteiger partial charge in [0.2, 0.25) is 0 Å². The SMILES string of the molecule is CCC1CCCC(Nc2cc(Cl)c(C)cc2Br)C1. The third kappa shape index (κ3) is 3.42. The van der Waals surface area contributed by atoms with E-state index in [4.69, 9.17) is 11.6 Å². The minimum Gasteiger partial charge on any atom is -0.381 e. The lowest BCUT2D eigenvalue weighted by Gasteiger charge is -2.30. The van der Waals surface area contributed by atoms with Gasteiger partial charge >= 0.3 is 0 Å². The summed E-state index contributed by atoms with van der Waals surface area (Å²) in [6.45, 7) is 4.33. The fourth-order valence-electron chi connectivity index (χ4n) is 2.77. The van der Waals surface area contributed by atoms with Crippen LogP contribution in [0.1, 0.15) is 44.6 Å². The summed E-state index contributed by atoms with van der Waals surface area (Å²) in [6.07, 6.45) is 6.59. The number of rotatable bonds is 3. The molecule has 1 aliphatic rings. The average molecular weight is 331 g/mol. The van der Waals surface area contributed by atoms with Gasteiger partial charge in [0.15, 0.2) is 0 Å². The molecule has 0 amide bonds. The fourth-order valence-corrected chi connectivity index (χ4v) is 3.51. The molecule has 18 heavy (non-hydrogen) atoms. The van der Waals surface area contributed by atoms with Crippen molar-refractivity contribution in [1.82, 2.24) is 0 Å². The van der Waals surface area contributed by atoms with Crippen LogP contribution in [-0.4, -0.2) is 6.04 Å². The zero-order valence-electron chi connectivity index (χ0n) is 11.1. The Morgan fingerprint density at radius 1 is 1.39 bits per heavy atom. The zero-order valence-corrected chi connectivity index (χ0v) is 13.4. The summed E-state index contributed by atoms with van der Waals surface area (Å²) >= 11 is 9.82. The maximum absolute atomic E-state index is 6.20. The molecule has 1 nitrogen and oxygen atoms in total. The molecule has 1 aromatic carbocycles. The number of nitrogens with one attached hydrogen (secondary N) is 1. The molecule has 2 atom stereocenters. The third-order valence-electron chi connectivity index (χ3n) is 3.97. The Kier molecular flexibility index (Phi) is 4.97. The van der Waals surface area contributed by atoms with Crippen molar-refractivity contribution in [1.29, 1.82) is 0 Å². The summed E-state index contributed by atoms with van der Waals surface area (Å²) in [5, 5.41) is 4.49. The van der Waals surface area contributed by atoms with E-state index in [9.17, 15) is 0 Å². The van der Waals surface area contributed by atoms with E-state index in [-0.39, 0.29) is 0 Å². The monoisotopic (exact) mass is 329 g/mol. The first-order valence-electron chi connectivity index (χ1n) is 6.82. The molecule has 0 aromatic heterocycles. The van der Waals surface area contributed by atoms with E-state index in [2.05, 4.69) is 34.2 Å². The van der Waals surface area contributed by atoms with Gasteiger partial charge < -0.3 is 5.32 Å². The minimum atomic E-state index is 0.596. The van der Waals surface area contributed by atoms with Crippen molar-refractivity contribution in [3.05, 3.63) is 27.2 Å². The van der Waals surface area contributed by atoms with E-state index in [0.29, 0.717) is 6.04 Å². The van der Waals surface area contributed by atoms with Crippen molar-refractivity contribution in [2.75, 3.05) is 5.32 Å². The topological polar surface area (TPSA) is 12.0 Å². The molecule has 2 unspecified atom stereocenters. The van der Waals surface area contributed by atoms with Crippen LogP contribution in [0.15, 0.2) is 16.6 Å². The molecule has 0 heterocycles. The van der Waals surface area contributed by atoms with Crippen LogP contribution in [0.4, 0.5) is 5.69 Å². The van der Waals surface area contributed by atoms with Gasteiger partial charge in [-0.15, -0.1) is 0 Å². The van der Waals surface area contributed by atoms with Crippen LogP contribution >= 0.6 is 27.5 Å². The maximum atomic E-state index is 6.20. The van der Waals surface area contributed by atoms with Gasteiger partial charge in [0.25, 0.3) is 0 Å². The molecule has 1 fully saturated rings. The number of hydrogen-bond acceptors (Lipinski definition) is 1. The summed E-state index contributed by atoms with van der Waals surface area (Å²) < 4.78 is 1.11. The quantitative estimate of drug-likeness (QED) is 0.739. The third-order valence-corrected chi connectivity index (χ3v) is 5.03. The number of aryl methyl sites for hydroxylation is 1. The van der Waals surface area contributed by atoms with Gasteiger partial charge in [0, 0.05) is 15.5 Å². The van der Waals surface area contributed by atoms with Gasteiger partial charge in [-0.3, -0.25) is 0 Å². The fraction of sp³-hybridized carbons (Fsp3) is 0.600. The smallest absolute Gasteiger partial charge is 0.0501 e. The molecule has 0 saturated heterocycles. The van der Waals surface area contributed by atoms with E-state index >= 15 is 0 Å². The average Bonchev–Trinajstić information content (AvgIpc) is 2.36. The predicted molar refractivity (Wildman–Crippen MR) is 83.5 cm³/mol. The lowest BCUT2D eigenvalue weighted by molar-refractivity contribution is 0.327. The lowest BCUT2D eigenvalue weighted by atomic mass is 9.84. The highest BCUT2D eigenvalue weighted by Crippen LogP contribution is 2.33. The minimum absolute atomic E-state index is 0.596. The standard InChI is InChI=1S/C15H21BrClN/c1-3-11-5-4-6-12(8-11)18-15-9-14(17)10(2)7-13(15)16/h7,9,11-12,18H,3-6,8H2,1-2H3. The normalized spacial score (nSPS) is 24.0. The Morgan fingerprint density at radius 3 is 2.89 bits per heavy atom. The first-order valence-corrected chi connectivity index (χ1v) is 7.99. The first-order chi connectivity index (χ1) is 8.60. The highest BCUT2D eigenvalue weighted by atomic mass is 79.9. The summed E-state index contributed by atoms with van der Waals surface area (Å²) in [7, 11) is 0. The van der Waals surface area contributed by atoms with Crippen LogP contribution in [0.3, 0.4) is 0 Å². The molecule has 0 bridgehead atoms. The molecule has 0 aliphatic heterocycles. The summed E-state index contributed by atoms with van der Waals surface area (Å²) in [6, 6.07) is 4.72. The summed E-state index contributed by atoms with van der Waals surface area (Å²) in [4.78, 5) is 0. The van der Waals surface area contributed by atoms with E-state index < -0.39 is 0 Å². The van der Waals surface area contributed by atoms with Gasteiger partial charge in [0.05, 0.1) is 5.69 Å². The molecule has 100 valence electrons. The van der Waals surface area contributed by atoms with E-state index in [1.807, 2.05) is 13.0 Å². The second-order valence-electron chi connectivity index (χ2n) is 5.36. The summed E-state index contributed by atoms with van der Waals surface area (Å²) in [5.74, 6) is 0.885. The maximum Gasteiger partial charge on any atom is 0.0501 e. The number of anilines is 1. The van der Waals surface area contributed by atoms with Gasteiger partial charge in [0.1, 0.15) is 0 Å². The number of hydrogen-bond donors (Lipinski definition) is 1. The number of benzene rings is 1. The van der Waals surface area contributed by atoms with Crippen molar-refractivity contribution in [3.63, 3.8) is 0 Å². The Balaban J connectivity index is 2.07. The molecule has 1 aliphatic carbocycles. The van der Waals surface area contributed by atoms with Gasteiger partial charge in [-0.25, -0.2) is 0 Å². The van der Waals surface area contributed by atoms with Crippen LogP contribution < -0.4 is 5.32 Å². The molecular weight excluding hydrogens is 310 g/mol. The van der Waals surface area contributed by atoms with Crippen molar-refractivity contribution in [3.8, 4) is 0 Å². The van der Waals surface area contributed by atoms with Crippen LogP contribution in [0.5, 0.6) is 0 Å². The van der Waals surface area contributed by atoms with Crippen LogP contribution in [0.2, 0.25) is 5.02 Å². The molecule has 1 N–H and O–H groups in total. The van der Waals surface area contributed by atoms with Crippen LogP contribution in [-0.2, 0) is 0 Å². The zero-order chi connectivity index (χ0) is 13.1.